The summed E-state index contributed by atoms with van der Waals surface area (Å²) in [7, 11) is 5.40. The molecular weight excluding hydrogens is 212 g/mol. The van der Waals surface area contributed by atoms with E-state index in [1.54, 1.807) is 20.1 Å². The summed E-state index contributed by atoms with van der Waals surface area (Å²) < 4.78 is 5.13. The average molecular weight is 226 g/mol. The van der Waals surface area contributed by atoms with Crippen molar-refractivity contribution >= 4 is 28.8 Å². The molecule has 1 aromatic rings. The molecule has 0 saturated heterocycles. The van der Waals surface area contributed by atoms with Gasteiger partial charge in [0.05, 0.1) is 12.0 Å². The Kier molecular flexibility index (Phi) is 3.85. The molecule has 0 aliphatic rings. The number of rotatable bonds is 4. The zero-order valence-corrected chi connectivity index (χ0v) is 10.1. The van der Waals surface area contributed by atoms with Gasteiger partial charge >= 0.3 is 0 Å². The summed E-state index contributed by atoms with van der Waals surface area (Å²) in [5.41, 5.74) is 0.655. The van der Waals surface area contributed by atoms with E-state index < -0.39 is 0 Å². The molecule has 1 aromatic heterocycles. The van der Waals surface area contributed by atoms with E-state index in [1.807, 2.05) is 19.0 Å². The molecule has 0 fully saturated rings. The third kappa shape index (κ3) is 2.79. The first-order valence-corrected chi connectivity index (χ1v) is 5.25. The van der Waals surface area contributed by atoms with Crippen LogP contribution in [0.15, 0.2) is 5.57 Å². The molecule has 1 heterocycles. The highest BCUT2D eigenvalue weighted by molar-refractivity contribution is 7.16. The average Bonchev–Trinajstić information content (AvgIpc) is 2.61. The van der Waals surface area contributed by atoms with Crippen molar-refractivity contribution < 1.29 is 9.53 Å². The Morgan fingerprint density at radius 1 is 1.53 bits per heavy atom. The summed E-state index contributed by atoms with van der Waals surface area (Å²) in [5.74, 6) is 0.560. The quantitative estimate of drug-likeness (QED) is 0.580. The summed E-state index contributed by atoms with van der Waals surface area (Å²) >= 11 is 1.49. The Morgan fingerprint density at radius 2 is 2.20 bits per heavy atom. The van der Waals surface area contributed by atoms with Gasteiger partial charge in [0.1, 0.15) is 6.29 Å². The van der Waals surface area contributed by atoms with Crippen LogP contribution in [0.25, 0.3) is 6.08 Å². The van der Waals surface area contributed by atoms with Gasteiger partial charge in [-0.15, -0.1) is 0 Å². The minimum Gasteiger partial charge on any atom is -0.480 e. The van der Waals surface area contributed by atoms with Crippen LogP contribution in [0.1, 0.15) is 11.8 Å². The smallest absolute Gasteiger partial charge is 0.233 e. The van der Waals surface area contributed by atoms with E-state index in [-0.39, 0.29) is 0 Å². The first-order valence-electron chi connectivity index (χ1n) is 4.44. The van der Waals surface area contributed by atoms with Crippen LogP contribution in [0.3, 0.4) is 0 Å². The maximum atomic E-state index is 10.5. The minimum absolute atomic E-state index is 0.560. The van der Waals surface area contributed by atoms with Crippen LogP contribution in [0, 0.1) is 0 Å². The second-order valence-electron chi connectivity index (χ2n) is 3.27. The number of ether oxygens (including phenoxy) is 1. The lowest BCUT2D eigenvalue weighted by Crippen LogP contribution is -2.07. The van der Waals surface area contributed by atoms with Gasteiger partial charge in [-0.3, -0.25) is 4.79 Å². The molecular formula is C10H14N2O2S. The van der Waals surface area contributed by atoms with Crippen molar-refractivity contribution in [2.75, 3.05) is 26.1 Å². The van der Waals surface area contributed by atoms with E-state index in [1.165, 1.54) is 11.3 Å². The number of hydrogen-bond acceptors (Lipinski definition) is 5. The molecule has 0 N–H and O–H groups in total. The lowest BCUT2D eigenvalue weighted by atomic mass is 10.3. The molecule has 4 nitrogen and oxygen atoms in total. The van der Waals surface area contributed by atoms with Crippen molar-refractivity contribution in [2.45, 2.75) is 6.92 Å². The monoisotopic (exact) mass is 226 g/mol. The van der Waals surface area contributed by atoms with E-state index in [9.17, 15) is 4.79 Å². The lowest BCUT2D eigenvalue weighted by molar-refractivity contribution is -0.104. The van der Waals surface area contributed by atoms with E-state index in [4.69, 9.17) is 4.74 Å². The molecule has 0 aliphatic heterocycles. The van der Waals surface area contributed by atoms with Crippen LogP contribution < -0.4 is 9.64 Å². The van der Waals surface area contributed by atoms with Gasteiger partial charge in [-0.05, 0) is 18.6 Å². The molecule has 0 radical (unpaired) electrons. The Balaban J connectivity index is 3.11. The first kappa shape index (κ1) is 11.7. The van der Waals surface area contributed by atoms with Gasteiger partial charge in [0.25, 0.3) is 0 Å². The Morgan fingerprint density at radius 3 is 2.67 bits per heavy atom. The Labute approximate surface area is 93.2 Å². The van der Waals surface area contributed by atoms with Crippen LogP contribution in [0.4, 0.5) is 5.13 Å². The minimum atomic E-state index is 0.560. The molecule has 0 bridgehead atoms. The molecule has 0 unspecified atom stereocenters. The maximum absolute atomic E-state index is 10.5. The number of thiazole rings is 1. The Bertz CT molecular complexity index is 383. The van der Waals surface area contributed by atoms with Gasteiger partial charge in [-0.2, -0.15) is 4.98 Å². The van der Waals surface area contributed by atoms with Gasteiger partial charge in [0, 0.05) is 14.1 Å². The van der Waals surface area contributed by atoms with Crippen molar-refractivity contribution in [3.05, 3.63) is 10.5 Å². The van der Waals surface area contributed by atoms with Gasteiger partial charge in [0.2, 0.25) is 5.88 Å². The topological polar surface area (TPSA) is 42.4 Å². The molecule has 0 spiro atoms. The van der Waals surface area contributed by atoms with E-state index in [2.05, 4.69) is 4.98 Å². The summed E-state index contributed by atoms with van der Waals surface area (Å²) in [4.78, 5) is 17.6. The van der Waals surface area contributed by atoms with Crippen LogP contribution in [0.2, 0.25) is 0 Å². The van der Waals surface area contributed by atoms with E-state index in [0.29, 0.717) is 11.5 Å². The number of hydrogen-bond donors (Lipinski definition) is 0. The molecule has 15 heavy (non-hydrogen) atoms. The number of aldehydes is 1. The van der Waals surface area contributed by atoms with E-state index >= 15 is 0 Å². The third-order valence-corrected chi connectivity index (χ3v) is 2.88. The molecule has 5 heteroatoms. The number of allylic oxidation sites excluding steroid dienone is 1. The number of carbonyl (C=O) groups excluding carboxylic acids is 1. The lowest BCUT2D eigenvalue weighted by Gasteiger charge is -2.04. The van der Waals surface area contributed by atoms with Gasteiger partial charge < -0.3 is 9.64 Å². The van der Waals surface area contributed by atoms with E-state index in [0.717, 1.165) is 16.3 Å². The molecule has 1 rings (SSSR count). The van der Waals surface area contributed by atoms with Crippen LogP contribution in [0.5, 0.6) is 5.88 Å². The van der Waals surface area contributed by atoms with Gasteiger partial charge in [-0.1, -0.05) is 11.3 Å². The Hall–Kier alpha value is -1.36. The zero-order valence-electron chi connectivity index (χ0n) is 9.27. The number of anilines is 1. The second-order valence-corrected chi connectivity index (χ2v) is 4.28. The van der Waals surface area contributed by atoms with Crippen molar-refractivity contribution in [1.29, 1.82) is 0 Å². The molecule has 0 amide bonds. The first-order chi connectivity index (χ1) is 7.08. The zero-order chi connectivity index (χ0) is 11.4. The fourth-order valence-electron chi connectivity index (χ4n) is 0.976. The second kappa shape index (κ2) is 4.93. The van der Waals surface area contributed by atoms with Crippen molar-refractivity contribution in [3.8, 4) is 5.88 Å². The fourth-order valence-corrected chi connectivity index (χ4v) is 1.95. The predicted molar refractivity (Wildman–Crippen MR) is 62.7 cm³/mol. The predicted octanol–water partition coefficient (Wildman–Crippen LogP) is 1.82. The van der Waals surface area contributed by atoms with Gasteiger partial charge in [-0.25, -0.2) is 0 Å². The van der Waals surface area contributed by atoms with Crippen molar-refractivity contribution in [1.82, 2.24) is 4.98 Å². The summed E-state index contributed by atoms with van der Waals surface area (Å²) in [6.45, 7) is 1.75. The number of methoxy groups -OCH3 is 1. The molecule has 0 aromatic carbocycles. The van der Waals surface area contributed by atoms with Crippen molar-refractivity contribution in [3.63, 3.8) is 0 Å². The maximum Gasteiger partial charge on any atom is 0.233 e. The molecule has 82 valence electrons. The summed E-state index contributed by atoms with van der Waals surface area (Å²) in [5, 5.41) is 0.858. The highest BCUT2D eigenvalue weighted by Gasteiger charge is 2.10. The fraction of sp³-hybridized carbons (Fsp3) is 0.400. The normalized spacial score (nSPS) is 11.3. The SMILES string of the molecule is COc1nc(N(C)C)sc1C=C(C)C=O. The molecule has 0 aliphatic carbocycles. The largest absolute Gasteiger partial charge is 0.480 e. The third-order valence-electron chi connectivity index (χ3n) is 1.73. The number of nitrogens with zero attached hydrogens (tertiary/aromatic N) is 2. The van der Waals surface area contributed by atoms with Crippen molar-refractivity contribution in [2.24, 2.45) is 0 Å². The van der Waals surface area contributed by atoms with Crippen LogP contribution >= 0.6 is 11.3 Å². The highest BCUT2D eigenvalue weighted by Crippen LogP contribution is 2.31. The van der Waals surface area contributed by atoms with Crippen LogP contribution in [-0.2, 0) is 4.79 Å². The number of aromatic nitrogens is 1. The molecule has 0 saturated carbocycles. The summed E-state index contributed by atoms with van der Waals surface area (Å²) in [6, 6.07) is 0. The highest BCUT2D eigenvalue weighted by atomic mass is 32.1. The molecule has 0 atom stereocenters. The van der Waals surface area contributed by atoms with Crippen LogP contribution in [-0.4, -0.2) is 32.5 Å². The number of carbonyl (C=O) groups is 1. The van der Waals surface area contributed by atoms with Gasteiger partial charge in [0.15, 0.2) is 5.13 Å². The summed E-state index contributed by atoms with van der Waals surface area (Å²) in [6.07, 6.45) is 2.59. The standard InChI is InChI=1S/C10H14N2O2S/c1-7(6-13)5-8-9(14-4)11-10(15-8)12(2)3/h5-6H,1-4H3.